The van der Waals surface area contributed by atoms with Crippen molar-refractivity contribution >= 4 is 0 Å². The lowest BCUT2D eigenvalue weighted by Crippen LogP contribution is -2.48. The van der Waals surface area contributed by atoms with Gasteiger partial charge in [0.25, 0.3) is 0 Å². The minimum atomic E-state index is -0.132. The normalized spacial score (nSPS) is 32.6. The largest absolute Gasteiger partial charge is 0.311 e. The van der Waals surface area contributed by atoms with Crippen molar-refractivity contribution in [3.63, 3.8) is 0 Å². The van der Waals surface area contributed by atoms with Crippen LogP contribution in [0, 0.1) is 11.2 Å². The van der Waals surface area contributed by atoms with Crippen molar-refractivity contribution in [1.29, 1.82) is 0 Å². The SMILES string of the molecule is CC1(C)CCCC(NC2CC(c3ccc(F)cc3)C2)C1. The molecule has 20 heavy (non-hydrogen) atoms. The van der Waals surface area contributed by atoms with Gasteiger partial charge in [0, 0.05) is 12.1 Å². The van der Waals surface area contributed by atoms with E-state index >= 15 is 0 Å². The molecule has 0 bridgehead atoms. The fourth-order valence-corrected chi connectivity index (χ4v) is 3.93. The van der Waals surface area contributed by atoms with Gasteiger partial charge in [0.1, 0.15) is 5.82 Å². The quantitative estimate of drug-likeness (QED) is 0.848. The van der Waals surface area contributed by atoms with Gasteiger partial charge in [0.15, 0.2) is 0 Å². The topological polar surface area (TPSA) is 12.0 Å². The molecular weight excluding hydrogens is 249 g/mol. The third-order valence-corrected chi connectivity index (χ3v) is 5.16. The highest BCUT2D eigenvalue weighted by molar-refractivity contribution is 5.23. The van der Waals surface area contributed by atoms with Crippen LogP contribution in [0.1, 0.15) is 63.9 Å². The van der Waals surface area contributed by atoms with E-state index in [-0.39, 0.29) is 5.82 Å². The minimum absolute atomic E-state index is 0.132. The standard InChI is InChI=1S/C18H26FN/c1-18(2)9-3-4-16(12-18)20-17-10-14(11-17)13-5-7-15(19)8-6-13/h5-8,14,16-17,20H,3-4,9-12H2,1-2H3. The van der Waals surface area contributed by atoms with Crippen molar-refractivity contribution in [2.24, 2.45) is 5.41 Å². The van der Waals surface area contributed by atoms with E-state index in [4.69, 9.17) is 0 Å². The molecule has 2 saturated carbocycles. The summed E-state index contributed by atoms with van der Waals surface area (Å²) >= 11 is 0. The van der Waals surface area contributed by atoms with Crippen LogP contribution in [0.3, 0.4) is 0 Å². The highest BCUT2D eigenvalue weighted by atomic mass is 19.1. The van der Waals surface area contributed by atoms with Gasteiger partial charge in [-0.2, -0.15) is 0 Å². The third-order valence-electron chi connectivity index (χ3n) is 5.16. The van der Waals surface area contributed by atoms with Gasteiger partial charge in [0.05, 0.1) is 0 Å². The molecule has 2 fully saturated rings. The Hall–Kier alpha value is -0.890. The Bertz CT molecular complexity index is 445. The van der Waals surface area contributed by atoms with Crippen molar-refractivity contribution < 1.29 is 4.39 Å². The molecule has 0 amide bonds. The zero-order valence-electron chi connectivity index (χ0n) is 12.7. The van der Waals surface area contributed by atoms with Gasteiger partial charge >= 0.3 is 0 Å². The van der Waals surface area contributed by atoms with Crippen LogP contribution in [0.4, 0.5) is 4.39 Å². The summed E-state index contributed by atoms with van der Waals surface area (Å²) in [6.45, 7) is 4.78. The van der Waals surface area contributed by atoms with E-state index in [1.807, 2.05) is 12.1 Å². The van der Waals surface area contributed by atoms with Crippen LogP contribution in [0.25, 0.3) is 0 Å². The van der Waals surface area contributed by atoms with E-state index in [0.717, 1.165) is 0 Å². The molecule has 2 aliphatic carbocycles. The van der Waals surface area contributed by atoms with Crippen molar-refractivity contribution in [3.8, 4) is 0 Å². The molecule has 110 valence electrons. The second-order valence-corrected chi connectivity index (χ2v) is 7.54. The maximum Gasteiger partial charge on any atom is 0.123 e. The molecule has 2 aliphatic rings. The molecule has 1 aromatic rings. The molecule has 1 atom stereocenters. The van der Waals surface area contributed by atoms with Gasteiger partial charge in [-0.3, -0.25) is 0 Å². The smallest absolute Gasteiger partial charge is 0.123 e. The summed E-state index contributed by atoms with van der Waals surface area (Å²) in [5.74, 6) is 0.497. The van der Waals surface area contributed by atoms with E-state index in [1.165, 1.54) is 44.1 Å². The van der Waals surface area contributed by atoms with Crippen LogP contribution < -0.4 is 5.32 Å². The Morgan fingerprint density at radius 3 is 2.45 bits per heavy atom. The fourth-order valence-electron chi connectivity index (χ4n) is 3.93. The second kappa shape index (κ2) is 5.48. The fraction of sp³-hybridized carbons (Fsp3) is 0.667. The molecule has 0 spiro atoms. The third kappa shape index (κ3) is 3.22. The molecule has 1 aromatic carbocycles. The molecule has 1 nitrogen and oxygen atoms in total. The Morgan fingerprint density at radius 1 is 1.10 bits per heavy atom. The molecule has 0 saturated heterocycles. The zero-order valence-corrected chi connectivity index (χ0v) is 12.7. The van der Waals surface area contributed by atoms with Gasteiger partial charge in [-0.25, -0.2) is 4.39 Å². The summed E-state index contributed by atoms with van der Waals surface area (Å²) in [5, 5.41) is 3.85. The molecule has 2 heteroatoms. The monoisotopic (exact) mass is 275 g/mol. The highest BCUT2D eigenvalue weighted by Crippen LogP contribution is 2.40. The number of benzene rings is 1. The number of nitrogens with one attached hydrogen (secondary N) is 1. The van der Waals surface area contributed by atoms with E-state index in [1.54, 1.807) is 12.1 Å². The maximum absolute atomic E-state index is 12.9. The van der Waals surface area contributed by atoms with Crippen LogP contribution >= 0.6 is 0 Å². The first-order chi connectivity index (χ1) is 9.52. The first-order valence-corrected chi connectivity index (χ1v) is 8.03. The second-order valence-electron chi connectivity index (χ2n) is 7.54. The molecule has 0 radical (unpaired) electrons. The van der Waals surface area contributed by atoms with Crippen molar-refractivity contribution in [3.05, 3.63) is 35.6 Å². The lowest BCUT2D eigenvalue weighted by Gasteiger charge is -2.42. The molecule has 3 rings (SSSR count). The van der Waals surface area contributed by atoms with E-state index in [2.05, 4.69) is 19.2 Å². The van der Waals surface area contributed by atoms with E-state index < -0.39 is 0 Å². The number of hydrogen-bond acceptors (Lipinski definition) is 1. The molecule has 1 unspecified atom stereocenters. The molecule has 0 aliphatic heterocycles. The predicted octanol–water partition coefficient (Wildman–Crippen LogP) is 4.63. The van der Waals surface area contributed by atoms with Crippen LogP contribution in [0.5, 0.6) is 0 Å². The first-order valence-electron chi connectivity index (χ1n) is 8.03. The van der Waals surface area contributed by atoms with Gasteiger partial charge in [0.2, 0.25) is 0 Å². The van der Waals surface area contributed by atoms with Crippen LogP contribution in [0.2, 0.25) is 0 Å². The molecule has 1 N–H and O–H groups in total. The highest BCUT2D eigenvalue weighted by Gasteiger charge is 2.34. The van der Waals surface area contributed by atoms with Crippen molar-refractivity contribution in [2.45, 2.75) is 70.4 Å². The Kier molecular flexibility index (Phi) is 3.85. The average molecular weight is 275 g/mol. The predicted molar refractivity (Wildman–Crippen MR) is 81.3 cm³/mol. The Balaban J connectivity index is 1.47. The van der Waals surface area contributed by atoms with Gasteiger partial charge in [-0.05, 0) is 61.1 Å². The summed E-state index contributed by atoms with van der Waals surface area (Å²) in [5.41, 5.74) is 1.81. The van der Waals surface area contributed by atoms with Crippen LogP contribution in [0.15, 0.2) is 24.3 Å². The van der Waals surface area contributed by atoms with Crippen LogP contribution in [-0.4, -0.2) is 12.1 Å². The lowest BCUT2D eigenvalue weighted by molar-refractivity contribution is 0.165. The lowest BCUT2D eigenvalue weighted by atomic mass is 9.72. The summed E-state index contributed by atoms with van der Waals surface area (Å²) in [7, 11) is 0. The van der Waals surface area contributed by atoms with Crippen molar-refractivity contribution in [1.82, 2.24) is 5.32 Å². The van der Waals surface area contributed by atoms with Crippen molar-refractivity contribution in [2.75, 3.05) is 0 Å². The van der Waals surface area contributed by atoms with Gasteiger partial charge in [-0.15, -0.1) is 0 Å². The Labute approximate surface area is 122 Å². The summed E-state index contributed by atoms with van der Waals surface area (Å²) in [4.78, 5) is 0. The van der Waals surface area contributed by atoms with E-state index in [9.17, 15) is 4.39 Å². The molecular formula is C18H26FN. The number of rotatable bonds is 3. The summed E-state index contributed by atoms with van der Waals surface area (Å²) in [6, 6.07) is 8.43. The Morgan fingerprint density at radius 2 is 1.80 bits per heavy atom. The summed E-state index contributed by atoms with van der Waals surface area (Å²) in [6.07, 6.45) is 7.80. The van der Waals surface area contributed by atoms with Gasteiger partial charge < -0.3 is 5.32 Å². The molecule has 0 aromatic heterocycles. The minimum Gasteiger partial charge on any atom is -0.311 e. The maximum atomic E-state index is 12.9. The first kappa shape index (κ1) is 14.1. The summed E-state index contributed by atoms with van der Waals surface area (Å²) < 4.78 is 12.9. The zero-order chi connectivity index (χ0) is 14.2. The number of hydrogen-bond donors (Lipinski definition) is 1. The number of halogens is 1. The van der Waals surface area contributed by atoms with Gasteiger partial charge in [-0.1, -0.05) is 32.4 Å². The van der Waals surface area contributed by atoms with E-state index in [0.29, 0.717) is 23.4 Å². The molecule has 0 heterocycles. The van der Waals surface area contributed by atoms with Crippen LogP contribution in [-0.2, 0) is 0 Å². The average Bonchev–Trinajstić information content (AvgIpc) is 2.34.